The first-order valence-electron chi connectivity index (χ1n) is 7.44. The molecule has 0 aliphatic heterocycles. The number of carbonyl (C=O) groups is 1. The molecule has 0 spiro atoms. The highest BCUT2D eigenvalue weighted by Gasteiger charge is 2.13. The van der Waals surface area contributed by atoms with Gasteiger partial charge in [0.05, 0.1) is 6.04 Å². The van der Waals surface area contributed by atoms with Crippen LogP contribution in [0.4, 0.5) is 8.78 Å². The van der Waals surface area contributed by atoms with Crippen molar-refractivity contribution in [3.8, 4) is 5.75 Å². The number of aryl methyl sites for hydroxylation is 1. The number of alkyl halides is 2. The van der Waals surface area contributed by atoms with Crippen molar-refractivity contribution < 1.29 is 18.3 Å². The summed E-state index contributed by atoms with van der Waals surface area (Å²) in [7, 11) is 0. The summed E-state index contributed by atoms with van der Waals surface area (Å²) in [6.07, 6.45) is 0.956. The van der Waals surface area contributed by atoms with Crippen molar-refractivity contribution >= 4 is 5.91 Å². The summed E-state index contributed by atoms with van der Waals surface area (Å²) in [6, 6.07) is 13.6. The number of carbonyl (C=O) groups excluding carboxylic acids is 1. The van der Waals surface area contributed by atoms with E-state index in [2.05, 4.69) is 17.0 Å². The maximum absolute atomic E-state index is 12.2. The van der Waals surface area contributed by atoms with Crippen molar-refractivity contribution in [1.29, 1.82) is 0 Å². The minimum absolute atomic E-state index is 0.0346. The normalized spacial score (nSPS) is 12.0. The van der Waals surface area contributed by atoms with Crippen LogP contribution >= 0.6 is 0 Å². The second-order valence-electron chi connectivity index (χ2n) is 5.20. The Kier molecular flexibility index (Phi) is 5.68. The van der Waals surface area contributed by atoms with Gasteiger partial charge >= 0.3 is 6.61 Å². The van der Waals surface area contributed by atoms with Gasteiger partial charge in [-0.1, -0.05) is 37.3 Å². The van der Waals surface area contributed by atoms with Crippen LogP contribution in [0.2, 0.25) is 0 Å². The van der Waals surface area contributed by atoms with Gasteiger partial charge in [0, 0.05) is 5.56 Å². The van der Waals surface area contributed by atoms with Gasteiger partial charge in [0.25, 0.3) is 5.91 Å². The maximum Gasteiger partial charge on any atom is 0.387 e. The molecule has 122 valence electrons. The van der Waals surface area contributed by atoms with Gasteiger partial charge in [0.2, 0.25) is 0 Å². The zero-order chi connectivity index (χ0) is 16.8. The van der Waals surface area contributed by atoms with Gasteiger partial charge in [0.1, 0.15) is 5.75 Å². The molecule has 1 amide bonds. The second kappa shape index (κ2) is 7.72. The Labute approximate surface area is 134 Å². The molecule has 0 aliphatic rings. The summed E-state index contributed by atoms with van der Waals surface area (Å²) in [4.78, 5) is 12.2. The first kappa shape index (κ1) is 16.9. The molecule has 0 saturated carbocycles. The summed E-state index contributed by atoms with van der Waals surface area (Å²) in [5.41, 5.74) is 2.49. The van der Waals surface area contributed by atoms with E-state index in [0.717, 1.165) is 12.0 Å². The van der Waals surface area contributed by atoms with Crippen molar-refractivity contribution in [2.45, 2.75) is 32.9 Å². The maximum atomic E-state index is 12.2. The lowest BCUT2D eigenvalue weighted by Crippen LogP contribution is -2.26. The number of benzene rings is 2. The second-order valence-corrected chi connectivity index (χ2v) is 5.20. The number of hydrogen-bond acceptors (Lipinski definition) is 2. The molecule has 1 N–H and O–H groups in total. The van der Waals surface area contributed by atoms with E-state index in [1.54, 1.807) is 6.07 Å². The number of ether oxygens (including phenoxy) is 1. The Morgan fingerprint density at radius 1 is 1.17 bits per heavy atom. The minimum Gasteiger partial charge on any atom is -0.435 e. The van der Waals surface area contributed by atoms with Gasteiger partial charge in [-0.05, 0) is 42.7 Å². The molecule has 0 saturated heterocycles. The lowest BCUT2D eigenvalue weighted by molar-refractivity contribution is -0.0498. The molecule has 1 atom stereocenters. The quantitative estimate of drug-likeness (QED) is 0.860. The summed E-state index contributed by atoms with van der Waals surface area (Å²) in [6.45, 7) is 1.04. The molecule has 0 heterocycles. The Hall–Kier alpha value is -2.43. The molecule has 2 rings (SSSR count). The molecule has 3 nitrogen and oxygen atoms in total. The van der Waals surface area contributed by atoms with Crippen molar-refractivity contribution in [1.82, 2.24) is 5.32 Å². The molecule has 5 heteroatoms. The van der Waals surface area contributed by atoms with Crippen LogP contribution in [0.15, 0.2) is 48.5 Å². The van der Waals surface area contributed by atoms with Crippen LogP contribution in [-0.2, 0) is 6.42 Å². The number of hydrogen-bond donors (Lipinski definition) is 1. The minimum atomic E-state index is -2.91. The van der Waals surface area contributed by atoms with Gasteiger partial charge in [-0.15, -0.1) is 0 Å². The molecule has 23 heavy (non-hydrogen) atoms. The van der Waals surface area contributed by atoms with Crippen LogP contribution < -0.4 is 10.1 Å². The number of rotatable bonds is 6. The first-order valence-corrected chi connectivity index (χ1v) is 7.44. The predicted octanol–water partition coefficient (Wildman–Crippen LogP) is 4.34. The lowest BCUT2D eigenvalue weighted by Gasteiger charge is -2.15. The average molecular weight is 319 g/mol. The van der Waals surface area contributed by atoms with Crippen LogP contribution in [-0.4, -0.2) is 12.5 Å². The van der Waals surface area contributed by atoms with Gasteiger partial charge < -0.3 is 10.1 Å². The molecule has 1 unspecified atom stereocenters. The van der Waals surface area contributed by atoms with E-state index in [4.69, 9.17) is 0 Å². The molecule has 2 aromatic carbocycles. The molecule has 0 aromatic heterocycles. The largest absolute Gasteiger partial charge is 0.435 e. The highest BCUT2D eigenvalue weighted by molar-refractivity contribution is 5.94. The Bertz CT molecular complexity index is 656. The Morgan fingerprint density at radius 3 is 2.48 bits per heavy atom. The third kappa shape index (κ3) is 4.77. The van der Waals surface area contributed by atoms with E-state index in [1.807, 2.05) is 31.2 Å². The van der Waals surface area contributed by atoms with Gasteiger partial charge in [0.15, 0.2) is 0 Å². The molecule has 2 aromatic rings. The zero-order valence-electron chi connectivity index (χ0n) is 13.1. The SMILES string of the molecule is CCc1ccc(C(C)NC(=O)c2cccc(OC(F)F)c2)cc1. The van der Waals surface area contributed by atoms with E-state index in [9.17, 15) is 13.6 Å². The molecule has 0 bridgehead atoms. The fourth-order valence-corrected chi connectivity index (χ4v) is 2.22. The monoisotopic (exact) mass is 319 g/mol. The molecule has 0 radical (unpaired) electrons. The van der Waals surface area contributed by atoms with Gasteiger partial charge in [-0.2, -0.15) is 8.78 Å². The van der Waals surface area contributed by atoms with E-state index < -0.39 is 6.61 Å². The Balaban J connectivity index is 2.05. The Morgan fingerprint density at radius 2 is 1.87 bits per heavy atom. The molecular formula is C18H19F2NO2. The van der Waals surface area contributed by atoms with E-state index >= 15 is 0 Å². The zero-order valence-corrected chi connectivity index (χ0v) is 13.1. The number of nitrogens with one attached hydrogen (secondary N) is 1. The molecule has 0 aliphatic carbocycles. The van der Waals surface area contributed by atoms with Crippen molar-refractivity contribution in [3.05, 3.63) is 65.2 Å². The van der Waals surface area contributed by atoms with Crippen LogP contribution in [0.25, 0.3) is 0 Å². The topological polar surface area (TPSA) is 38.3 Å². The fourth-order valence-electron chi connectivity index (χ4n) is 2.22. The summed E-state index contributed by atoms with van der Waals surface area (Å²) in [5, 5.41) is 2.85. The third-order valence-corrected chi connectivity index (χ3v) is 3.56. The summed E-state index contributed by atoms with van der Waals surface area (Å²) >= 11 is 0. The van der Waals surface area contributed by atoms with Crippen LogP contribution in [0.1, 0.15) is 41.4 Å². The number of halogens is 2. The van der Waals surface area contributed by atoms with E-state index in [1.165, 1.54) is 23.8 Å². The lowest BCUT2D eigenvalue weighted by atomic mass is 10.0. The average Bonchev–Trinajstić information content (AvgIpc) is 2.54. The summed E-state index contributed by atoms with van der Waals surface area (Å²) < 4.78 is 28.8. The number of amides is 1. The van der Waals surface area contributed by atoms with Crippen molar-refractivity contribution in [2.24, 2.45) is 0 Å². The van der Waals surface area contributed by atoms with E-state index in [0.29, 0.717) is 0 Å². The van der Waals surface area contributed by atoms with Crippen molar-refractivity contribution in [3.63, 3.8) is 0 Å². The third-order valence-electron chi connectivity index (χ3n) is 3.56. The van der Waals surface area contributed by atoms with Crippen LogP contribution in [0, 0.1) is 0 Å². The fraction of sp³-hybridized carbons (Fsp3) is 0.278. The molecular weight excluding hydrogens is 300 g/mol. The van der Waals surface area contributed by atoms with Gasteiger partial charge in [-0.25, -0.2) is 0 Å². The highest BCUT2D eigenvalue weighted by Crippen LogP contribution is 2.18. The van der Waals surface area contributed by atoms with E-state index in [-0.39, 0.29) is 23.3 Å². The van der Waals surface area contributed by atoms with Gasteiger partial charge in [-0.3, -0.25) is 4.79 Å². The smallest absolute Gasteiger partial charge is 0.387 e. The van der Waals surface area contributed by atoms with Crippen LogP contribution in [0.5, 0.6) is 5.75 Å². The first-order chi connectivity index (χ1) is 11.0. The predicted molar refractivity (Wildman–Crippen MR) is 84.8 cm³/mol. The van der Waals surface area contributed by atoms with Crippen LogP contribution in [0.3, 0.4) is 0 Å². The molecule has 0 fully saturated rings. The highest BCUT2D eigenvalue weighted by atomic mass is 19.3. The standard InChI is InChI=1S/C18H19F2NO2/c1-3-13-7-9-14(10-8-13)12(2)21-17(22)15-5-4-6-16(11-15)23-18(19)20/h4-12,18H,3H2,1-2H3,(H,21,22). The van der Waals surface area contributed by atoms with Crippen molar-refractivity contribution in [2.75, 3.05) is 0 Å². The summed E-state index contributed by atoms with van der Waals surface area (Å²) in [5.74, 6) is -0.371.